The van der Waals surface area contributed by atoms with Gasteiger partial charge >= 0.3 is 0 Å². The van der Waals surface area contributed by atoms with Crippen molar-refractivity contribution in [3.63, 3.8) is 0 Å². The molecule has 0 saturated carbocycles. The maximum absolute atomic E-state index is 11.4. The van der Waals surface area contributed by atoms with E-state index in [1.54, 1.807) is 14.0 Å². The quantitative estimate of drug-likeness (QED) is 0.805. The number of para-hydroxylation sites is 1. The Morgan fingerprint density at radius 1 is 1.38 bits per heavy atom. The molecule has 1 amide bonds. The van der Waals surface area contributed by atoms with Crippen LogP contribution in [0.5, 0.6) is 5.75 Å². The van der Waals surface area contributed by atoms with Gasteiger partial charge in [-0.1, -0.05) is 18.2 Å². The van der Waals surface area contributed by atoms with Crippen LogP contribution in [0.1, 0.15) is 25.5 Å². The van der Waals surface area contributed by atoms with E-state index >= 15 is 0 Å². The van der Waals surface area contributed by atoms with E-state index in [2.05, 4.69) is 5.32 Å². The standard InChI is InChI=1S/C12H18N2O2/c1-8(13)12(15)14-9(2)10-6-4-5-7-11(10)16-3/h4-9H,13H2,1-3H3,(H,14,15)/t8?,9-/m0/s1. The number of nitrogens with two attached hydrogens (primary N) is 1. The zero-order chi connectivity index (χ0) is 12.1. The van der Waals surface area contributed by atoms with Crippen molar-refractivity contribution < 1.29 is 9.53 Å². The van der Waals surface area contributed by atoms with Crippen molar-refractivity contribution in [2.75, 3.05) is 7.11 Å². The fourth-order valence-electron chi connectivity index (χ4n) is 1.45. The summed E-state index contributed by atoms with van der Waals surface area (Å²) in [6.45, 7) is 3.56. The Kier molecular flexibility index (Phi) is 4.31. The molecule has 0 aliphatic rings. The second-order valence-electron chi connectivity index (χ2n) is 3.76. The molecule has 0 fully saturated rings. The van der Waals surface area contributed by atoms with Gasteiger partial charge in [-0.3, -0.25) is 4.79 Å². The van der Waals surface area contributed by atoms with Crippen LogP contribution in [-0.2, 0) is 4.79 Å². The number of ether oxygens (including phenoxy) is 1. The number of methoxy groups -OCH3 is 1. The van der Waals surface area contributed by atoms with Crippen LogP contribution in [0.2, 0.25) is 0 Å². The molecule has 0 aliphatic carbocycles. The maximum Gasteiger partial charge on any atom is 0.237 e. The fraction of sp³-hybridized carbons (Fsp3) is 0.417. The van der Waals surface area contributed by atoms with Crippen molar-refractivity contribution in [3.8, 4) is 5.75 Å². The van der Waals surface area contributed by atoms with Gasteiger partial charge in [0.05, 0.1) is 19.2 Å². The molecule has 1 unspecified atom stereocenters. The number of amides is 1. The molecule has 0 bridgehead atoms. The zero-order valence-corrected chi connectivity index (χ0v) is 9.86. The second-order valence-corrected chi connectivity index (χ2v) is 3.76. The van der Waals surface area contributed by atoms with Crippen molar-refractivity contribution in [1.29, 1.82) is 0 Å². The number of carbonyl (C=O) groups excluding carboxylic acids is 1. The summed E-state index contributed by atoms with van der Waals surface area (Å²) in [7, 11) is 1.61. The van der Waals surface area contributed by atoms with Gasteiger partial charge in [0.25, 0.3) is 0 Å². The molecule has 1 aromatic rings. The number of carbonyl (C=O) groups is 1. The van der Waals surface area contributed by atoms with Gasteiger partial charge in [0.15, 0.2) is 0 Å². The lowest BCUT2D eigenvalue weighted by atomic mass is 10.1. The van der Waals surface area contributed by atoms with Gasteiger partial charge in [0.2, 0.25) is 5.91 Å². The van der Waals surface area contributed by atoms with Gasteiger partial charge in [-0.25, -0.2) is 0 Å². The third-order valence-electron chi connectivity index (χ3n) is 2.38. The Bertz CT molecular complexity index is 364. The van der Waals surface area contributed by atoms with E-state index in [4.69, 9.17) is 10.5 Å². The monoisotopic (exact) mass is 222 g/mol. The predicted molar refractivity (Wildman–Crippen MR) is 63.2 cm³/mol. The Labute approximate surface area is 95.8 Å². The molecule has 2 atom stereocenters. The topological polar surface area (TPSA) is 64.3 Å². The van der Waals surface area contributed by atoms with Crippen molar-refractivity contribution in [2.24, 2.45) is 5.73 Å². The van der Waals surface area contributed by atoms with E-state index in [9.17, 15) is 4.79 Å². The summed E-state index contributed by atoms with van der Waals surface area (Å²) in [6, 6.07) is 6.97. The largest absolute Gasteiger partial charge is 0.496 e. The first-order chi connectivity index (χ1) is 7.56. The van der Waals surface area contributed by atoms with Crippen LogP contribution in [-0.4, -0.2) is 19.1 Å². The van der Waals surface area contributed by atoms with Crippen LogP contribution in [0.4, 0.5) is 0 Å². The zero-order valence-electron chi connectivity index (χ0n) is 9.86. The van der Waals surface area contributed by atoms with Crippen LogP contribution in [0.15, 0.2) is 24.3 Å². The molecule has 0 spiro atoms. The Hall–Kier alpha value is -1.55. The molecule has 88 valence electrons. The Balaban J connectivity index is 2.80. The summed E-state index contributed by atoms with van der Waals surface area (Å²) < 4.78 is 5.23. The average Bonchev–Trinajstić information content (AvgIpc) is 2.28. The molecular weight excluding hydrogens is 204 g/mol. The van der Waals surface area contributed by atoms with Gasteiger partial charge < -0.3 is 15.8 Å². The highest BCUT2D eigenvalue weighted by Crippen LogP contribution is 2.24. The van der Waals surface area contributed by atoms with E-state index in [-0.39, 0.29) is 11.9 Å². The van der Waals surface area contributed by atoms with Crippen molar-refractivity contribution in [2.45, 2.75) is 25.9 Å². The number of rotatable bonds is 4. The smallest absolute Gasteiger partial charge is 0.237 e. The molecule has 0 saturated heterocycles. The number of hydrogen-bond donors (Lipinski definition) is 2. The highest BCUT2D eigenvalue weighted by molar-refractivity contribution is 5.81. The van der Waals surface area contributed by atoms with Crippen molar-refractivity contribution in [3.05, 3.63) is 29.8 Å². The predicted octanol–water partition coefficient (Wildman–Crippen LogP) is 1.22. The Morgan fingerprint density at radius 3 is 2.56 bits per heavy atom. The van der Waals surface area contributed by atoms with E-state index in [0.29, 0.717) is 0 Å². The Morgan fingerprint density at radius 2 is 2.00 bits per heavy atom. The third kappa shape index (κ3) is 2.97. The van der Waals surface area contributed by atoms with Crippen LogP contribution < -0.4 is 15.8 Å². The van der Waals surface area contributed by atoms with Crippen LogP contribution >= 0.6 is 0 Å². The maximum atomic E-state index is 11.4. The lowest BCUT2D eigenvalue weighted by Crippen LogP contribution is -2.39. The molecule has 1 rings (SSSR count). The van der Waals surface area contributed by atoms with Crippen molar-refractivity contribution >= 4 is 5.91 Å². The SMILES string of the molecule is COc1ccccc1[C@H](C)NC(=O)C(C)N. The minimum Gasteiger partial charge on any atom is -0.496 e. The molecule has 0 radical (unpaired) electrons. The summed E-state index contributed by atoms with van der Waals surface area (Å²) in [5, 5.41) is 2.83. The van der Waals surface area contributed by atoms with Crippen molar-refractivity contribution in [1.82, 2.24) is 5.32 Å². The first kappa shape index (κ1) is 12.5. The van der Waals surface area contributed by atoms with E-state index in [0.717, 1.165) is 11.3 Å². The lowest BCUT2D eigenvalue weighted by molar-refractivity contribution is -0.122. The first-order valence-corrected chi connectivity index (χ1v) is 5.25. The lowest BCUT2D eigenvalue weighted by Gasteiger charge is -2.18. The third-order valence-corrected chi connectivity index (χ3v) is 2.38. The molecule has 16 heavy (non-hydrogen) atoms. The number of nitrogens with one attached hydrogen (secondary N) is 1. The molecule has 1 aromatic carbocycles. The van der Waals surface area contributed by atoms with Crippen LogP contribution in [0, 0.1) is 0 Å². The van der Waals surface area contributed by atoms with E-state index < -0.39 is 6.04 Å². The van der Waals surface area contributed by atoms with Gasteiger partial charge in [0, 0.05) is 5.56 Å². The van der Waals surface area contributed by atoms with Gasteiger partial charge in [-0.15, -0.1) is 0 Å². The molecule has 3 N–H and O–H groups in total. The van der Waals surface area contributed by atoms with Gasteiger partial charge in [-0.05, 0) is 19.9 Å². The summed E-state index contributed by atoms with van der Waals surface area (Å²) in [5.74, 6) is 0.596. The average molecular weight is 222 g/mol. The van der Waals surface area contributed by atoms with Gasteiger partial charge in [-0.2, -0.15) is 0 Å². The van der Waals surface area contributed by atoms with E-state index in [1.807, 2.05) is 31.2 Å². The summed E-state index contributed by atoms with van der Waals surface area (Å²) >= 11 is 0. The molecule has 0 heterocycles. The highest BCUT2D eigenvalue weighted by atomic mass is 16.5. The summed E-state index contributed by atoms with van der Waals surface area (Å²) in [4.78, 5) is 11.4. The summed E-state index contributed by atoms with van der Waals surface area (Å²) in [6.07, 6.45) is 0. The van der Waals surface area contributed by atoms with E-state index in [1.165, 1.54) is 0 Å². The van der Waals surface area contributed by atoms with Crippen LogP contribution in [0.25, 0.3) is 0 Å². The molecule has 4 heteroatoms. The number of hydrogen-bond acceptors (Lipinski definition) is 3. The first-order valence-electron chi connectivity index (χ1n) is 5.25. The highest BCUT2D eigenvalue weighted by Gasteiger charge is 2.15. The summed E-state index contributed by atoms with van der Waals surface area (Å²) in [5.41, 5.74) is 6.43. The molecule has 4 nitrogen and oxygen atoms in total. The molecule has 0 aliphatic heterocycles. The minimum atomic E-state index is -0.503. The number of benzene rings is 1. The normalized spacial score (nSPS) is 14.0. The van der Waals surface area contributed by atoms with Gasteiger partial charge in [0.1, 0.15) is 5.75 Å². The molecular formula is C12H18N2O2. The minimum absolute atomic E-state index is 0.116. The van der Waals surface area contributed by atoms with Crippen LogP contribution in [0.3, 0.4) is 0 Å². The fourth-order valence-corrected chi connectivity index (χ4v) is 1.45. The second kappa shape index (κ2) is 5.51. The molecule has 0 aromatic heterocycles.